The number of aryl methyl sites for hydroxylation is 1. The molecule has 180 valence electrons. The Bertz CT molecular complexity index is 1360. The molecule has 4 rings (SSSR count). The summed E-state index contributed by atoms with van der Waals surface area (Å²) in [6.45, 7) is 3.55. The summed E-state index contributed by atoms with van der Waals surface area (Å²) >= 11 is 13.7. The van der Waals surface area contributed by atoms with Crippen LogP contribution in [0.15, 0.2) is 40.3 Å². The first-order chi connectivity index (χ1) is 16.8. The topological polar surface area (TPSA) is 92.3 Å². The molecule has 3 aromatic rings. The van der Waals surface area contributed by atoms with Crippen molar-refractivity contribution in [2.75, 3.05) is 5.32 Å². The Kier molecular flexibility index (Phi) is 7.66. The maximum atomic E-state index is 13.0. The van der Waals surface area contributed by atoms with Gasteiger partial charge in [-0.25, -0.2) is 4.79 Å². The number of carbonyl (C=O) groups excluding carboxylic acids is 2. The van der Waals surface area contributed by atoms with Crippen LogP contribution in [-0.2, 0) is 22.4 Å². The molecule has 2 heterocycles. The summed E-state index contributed by atoms with van der Waals surface area (Å²) in [6, 6.07) is 10.2. The van der Waals surface area contributed by atoms with E-state index in [1.807, 2.05) is 6.07 Å². The highest BCUT2D eigenvalue weighted by Crippen LogP contribution is 2.39. The van der Waals surface area contributed by atoms with Crippen molar-refractivity contribution in [2.45, 2.75) is 45.6 Å². The lowest BCUT2D eigenvalue weighted by molar-refractivity contribution is -0.112. The number of amides is 1. The summed E-state index contributed by atoms with van der Waals surface area (Å²) in [6.07, 6.45) is 4.66. The molecule has 2 aromatic heterocycles. The molecule has 0 fully saturated rings. The third-order valence-electron chi connectivity index (χ3n) is 5.42. The zero-order valence-electron chi connectivity index (χ0n) is 19.1. The van der Waals surface area contributed by atoms with Crippen molar-refractivity contribution < 1.29 is 18.7 Å². The molecule has 0 saturated carbocycles. The fourth-order valence-electron chi connectivity index (χ4n) is 3.87. The van der Waals surface area contributed by atoms with E-state index in [0.717, 1.165) is 36.1 Å². The number of hydrogen-bond donors (Lipinski definition) is 1. The van der Waals surface area contributed by atoms with Gasteiger partial charge in [0.2, 0.25) is 0 Å². The number of ether oxygens (including phenoxy) is 1. The third-order valence-corrected chi connectivity index (χ3v) is 7.19. The number of furan rings is 1. The minimum atomic E-state index is -0.636. The van der Waals surface area contributed by atoms with Gasteiger partial charge in [-0.15, -0.1) is 11.3 Å². The Labute approximate surface area is 217 Å². The van der Waals surface area contributed by atoms with Gasteiger partial charge in [-0.2, -0.15) is 5.26 Å². The standard InChI is InChI=1S/C26H22Cl2N2O4S/c1-14(2)33-26(32)23-18-5-3-4-6-22(18)35-25(23)30-24(31)15(13-29)11-17-8-10-21(34-17)19-12-16(27)7-9-20(19)28/h7-12,14H,3-6H2,1-2H3,(H,30,31). The largest absolute Gasteiger partial charge is 0.459 e. The van der Waals surface area contributed by atoms with Crippen LogP contribution < -0.4 is 5.32 Å². The second-order valence-corrected chi connectivity index (χ2v) is 10.3. The zero-order chi connectivity index (χ0) is 25.1. The average molecular weight is 529 g/mol. The minimum absolute atomic E-state index is 0.169. The zero-order valence-corrected chi connectivity index (χ0v) is 21.4. The average Bonchev–Trinajstić information content (AvgIpc) is 3.42. The molecule has 0 spiro atoms. The molecule has 1 aliphatic rings. The van der Waals surface area contributed by atoms with Gasteiger partial charge in [-0.3, -0.25) is 4.79 Å². The van der Waals surface area contributed by atoms with Crippen molar-refractivity contribution in [3.05, 3.63) is 67.7 Å². The van der Waals surface area contributed by atoms with Crippen LogP contribution >= 0.6 is 34.5 Å². The number of nitrogens with zero attached hydrogens (tertiary/aromatic N) is 1. The molecule has 6 nitrogen and oxygen atoms in total. The van der Waals surface area contributed by atoms with E-state index in [4.69, 9.17) is 32.4 Å². The van der Waals surface area contributed by atoms with Crippen LogP contribution in [0.1, 0.15) is 53.2 Å². The van der Waals surface area contributed by atoms with Crippen LogP contribution in [0, 0.1) is 11.3 Å². The number of thiophene rings is 1. The number of hydrogen-bond acceptors (Lipinski definition) is 6. The number of anilines is 1. The molecular weight excluding hydrogens is 507 g/mol. The van der Waals surface area contributed by atoms with Crippen LogP contribution in [0.5, 0.6) is 0 Å². The molecule has 1 aromatic carbocycles. The van der Waals surface area contributed by atoms with Gasteiger partial charge in [-0.1, -0.05) is 23.2 Å². The van der Waals surface area contributed by atoms with E-state index in [1.165, 1.54) is 17.4 Å². The molecular formula is C26H22Cl2N2O4S. The second-order valence-electron chi connectivity index (χ2n) is 8.32. The fourth-order valence-corrected chi connectivity index (χ4v) is 5.52. The number of fused-ring (bicyclic) bond motifs is 1. The first-order valence-corrected chi connectivity index (χ1v) is 12.7. The minimum Gasteiger partial charge on any atom is -0.459 e. The van der Waals surface area contributed by atoms with Crippen molar-refractivity contribution in [2.24, 2.45) is 0 Å². The fraction of sp³-hybridized carbons (Fsp3) is 0.269. The van der Waals surface area contributed by atoms with E-state index >= 15 is 0 Å². The van der Waals surface area contributed by atoms with E-state index < -0.39 is 11.9 Å². The van der Waals surface area contributed by atoms with Crippen LogP contribution in [0.2, 0.25) is 10.0 Å². The summed E-state index contributed by atoms with van der Waals surface area (Å²) in [5.74, 6) is -0.353. The molecule has 1 N–H and O–H groups in total. The van der Waals surface area contributed by atoms with Crippen molar-refractivity contribution in [3.8, 4) is 17.4 Å². The van der Waals surface area contributed by atoms with E-state index in [0.29, 0.717) is 37.7 Å². The molecule has 1 amide bonds. The van der Waals surface area contributed by atoms with E-state index in [2.05, 4.69) is 5.32 Å². The van der Waals surface area contributed by atoms with Crippen molar-refractivity contribution in [1.82, 2.24) is 0 Å². The third kappa shape index (κ3) is 5.62. The molecule has 0 unspecified atom stereocenters. The quantitative estimate of drug-likeness (QED) is 0.205. The van der Waals surface area contributed by atoms with Crippen LogP contribution in [-0.4, -0.2) is 18.0 Å². The predicted octanol–water partition coefficient (Wildman–Crippen LogP) is 7.30. The molecule has 0 saturated heterocycles. The summed E-state index contributed by atoms with van der Waals surface area (Å²) in [7, 11) is 0. The van der Waals surface area contributed by atoms with Gasteiger partial charge < -0.3 is 14.5 Å². The van der Waals surface area contributed by atoms with E-state index in [-0.39, 0.29) is 11.7 Å². The number of halogens is 2. The highest BCUT2D eigenvalue weighted by molar-refractivity contribution is 7.17. The number of benzene rings is 1. The van der Waals surface area contributed by atoms with Gasteiger partial charge in [-0.05, 0) is 75.4 Å². The van der Waals surface area contributed by atoms with E-state index in [9.17, 15) is 14.9 Å². The SMILES string of the molecule is CC(C)OC(=O)c1c(NC(=O)C(C#N)=Cc2ccc(-c3cc(Cl)ccc3Cl)o2)sc2c1CCCC2. The van der Waals surface area contributed by atoms with E-state index in [1.54, 1.807) is 44.2 Å². The van der Waals surface area contributed by atoms with Gasteiger partial charge in [0.25, 0.3) is 5.91 Å². The van der Waals surface area contributed by atoms with Gasteiger partial charge in [0.05, 0.1) is 16.7 Å². The number of rotatable bonds is 6. The lowest BCUT2D eigenvalue weighted by Crippen LogP contribution is -2.18. The number of esters is 1. The summed E-state index contributed by atoms with van der Waals surface area (Å²) < 4.78 is 11.2. The van der Waals surface area contributed by atoms with Crippen LogP contribution in [0.3, 0.4) is 0 Å². The highest BCUT2D eigenvalue weighted by atomic mass is 35.5. The summed E-state index contributed by atoms with van der Waals surface area (Å²) in [5, 5.41) is 13.8. The maximum absolute atomic E-state index is 13.0. The summed E-state index contributed by atoms with van der Waals surface area (Å²) in [5.41, 5.74) is 1.75. The van der Waals surface area contributed by atoms with Crippen LogP contribution in [0.25, 0.3) is 17.4 Å². The molecule has 9 heteroatoms. The first-order valence-electron chi connectivity index (χ1n) is 11.1. The molecule has 35 heavy (non-hydrogen) atoms. The lowest BCUT2D eigenvalue weighted by Gasteiger charge is -2.14. The molecule has 0 atom stereocenters. The van der Waals surface area contributed by atoms with Gasteiger partial charge in [0.15, 0.2) is 0 Å². The molecule has 0 radical (unpaired) electrons. The maximum Gasteiger partial charge on any atom is 0.341 e. The molecule has 0 aliphatic heterocycles. The predicted molar refractivity (Wildman–Crippen MR) is 138 cm³/mol. The Morgan fingerprint density at radius 2 is 1.97 bits per heavy atom. The van der Waals surface area contributed by atoms with Gasteiger partial charge >= 0.3 is 5.97 Å². The smallest absolute Gasteiger partial charge is 0.341 e. The Balaban J connectivity index is 1.61. The molecule has 0 bridgehead atoms. The lowest BCUT2D eigenvalue weighted by atomic mass is 9.95. The van der Waals surface area contributed by atoms with Gasteiger partial charge in [0, 0.05) is 21.5 Å². The second kappa shape index (κ2) is 10.7. The normalized spacial score (nSPS) is 13.3. The first kappa shape index (κ1) is 25.1. The highest BCUT2D eigenvalue weighted by Gasteiger charge is 2.28. The summed E-state index contributed by atoms with van der Waals surface area (Å²) in [4.78, 5) is 26.9. The number of nitriles is 1. The Morgan fingerprint density at radius 1 is 1.20 bits per heavy atom. The molecule has 1 aliphatic carbocycles. The van der Waals surface area contributed by atoms with Crippen molar-refractivity contribution >= 4 is 57.5 Å². The number of nitrogens with one attached hydrogen (secondary N) is 1. The monoisotopic (exact) mass is 528 g/mol. The Morgan fingerprint density at radius 3 is 2.71 bits per heavy atom. The number of carbonyl (C=O) groups is 2. The van der Waals surface area contributed by atoms with Crippen molar-refractivity contribution in [3.63, 3.8) is 0 Å². The van der Waals surface area contributed by atoms with Crippen LogP contribution in [0.4, 0.5) is 5.00 Å². The van der Waals surface area contributed by atoms with Gasteiger partial charge in [0.1, 0.15) is 28.2 Å². The Hall–Kier alpha value is -3.05. The van der Waals surface area contributed by atoms with Crippen molar-refractivity contribution in [1.29, 1.82) is 5.26 Å².